The molecular formula is C10H21NO3S. The molecule has 0 aromatic carbocycles. The summed E-state index contributed by atoms with van der Waals surface area (Å²) >= 11 is 0. The van der Waals surface area contributed by atoms with Crippen molar-refractivity contribution in [2.45, 2.75) is 25.9 Å². The van der Waals surface area contributed by atoms with Crippen LogP contribution in [-0.2, 0) is 9.84 Å². The van der Waals surface area contributed by atoms with E-state index in [0.29, 0.717) is 18.9 Å². The van der Waals surface area contributed by atoms with E-state index >= 15 is 0 Å². The first-order chi connectivity index (χ1) is 6.88. The van der Waals surface area contributed by atoms with Crippen molar-refractivity contribution in [2.75, 3.05) is 31.6 Å². The zero-order valence-corrected chi connectivity index (χ0v) is 10.3. The van der Waals surface area contributed by atoms with E-state index in [-0.39, 0.29) is 11.9 Å². The average molecular weight is 235 g/mol. The fourth-order valence-corrected chi connectivity index (χ4v) is 2.52. The van der Waals surface area contributed by atoms with Gasteiger partial charge in [-0.1, -0.05) is 6.92 Å². The SMILES string of the molecule is CC1CCN(CCCS(C)(=O)=O)CC1O. The molecule has 0 aromatic rings. The molecule has 1 N–H and O–H groups in total. The molecule has 1 fully saturated rings. The van der Waals surface area contributed by atoms with Crippen LogP contribution in [0.25, 0.3) is 0 Å². The minimum absolute atomic E-state index is 0.245. The van der Waals surface area contributed by atoms with Crippen LogP contribution >= 0.6 is 0 Å². The van der Waals surface area contributed by atoms with Crippen LogP contribution in [-0.4, -0.2) is 56.2 Å². The Labute approximate surface area is 92.2 Å². The normalized spacial score (nSPS) is 29.3. The standard InChI is InChI=1S/C10H21NO3S/c1-9-4-6-11(8-10(9)12)5-3-7-15(2,13)14/h9-10,12H,3-8H2,1-2H3. The van der Waals surface area contributed by atoms with Crippen LogP contribution in [0.5, 0.6) is 0 Å². The first-order valence-electron chi connectivity index (χ1n) is 5.46. The predicted octanol–water partition coefficient (Wildman–Crippen LogP) is 0.124. The van der Waals surface area contributed by atoms with Crippen LogP contribution in [0.2, 0.25) is 0 Å². The number of likely N-dealkylation sites (tertiary alicyclic amines) is 1. The third-order valence-electron chi connectivity index (χ3n) is 2.99. The Kier molecular flexibility index (Phi) is 4.55. The Morgan fingerprint density at radius 3 is 2.67 bits per heavy atom. The molecule has 1 aliphatic rings. The van der Waals surface area contributed by atoms with Crippen molar-refractivity contribution in [1.29, 1.82) is 0 Å². The third kappa shape index (κ3) is 4.95. The largest absolute Gasteiger partial charge is 0.392 e. The van der Waals surface area contributed by atoms with Crippen LogP contribution in [0.3, 0.4) is 0 Å². The molecule has 1 heterocycles. The number of hydrogen-bond donors (Lipinski definition) is 1. The molecular weight excluding hydrogens is 214 g/mol. The quantitative estimate of drug-likeness (QED) is 0.752. The average Bonchev–Trinajstić information content (AvgIpc) is 2.09. The second-order valence-corrected chi connectivity index (χ2v) is 6.88. The lowest BCUT2D eigenvalue weighted by molar-refractivity contribution is 0.0295. The number of nitrogens with zero attached hydrogens (tertiary/aromatic N) is 1. The van der Waals surface area contributed by atoms with Crippen molar-refractivity contribution < 1.29 is 13.5 Å². The summed E-state index contributed by atoms with van der Waals surface area (Å²) in [6.07, 6.45) is 2.68. The summed E-state index contributed by atoms with van der Waals surface area (Å²) in [6.45, 7) is 4.49. The lowest BCUT2D eigenvalue weighted by Gasteiger charge is -2.34. The predicted molar refractivity (Wildman–Crippen MR) is 60.6 cm³/mol. The molecule has 0 bridgehead atoms. The highest BCUT2D eigenvalue weighted by molar-refractivity contribution is 7.90. The van der Waals surface area contributed by atoms with Crippen molar-refractivity contribution in [3.8, 4) is 0 Å². The summed E-state index contributed by atoms with van der Waals surface area (Å²) < 4.78 is 21.8. The van der Waals surface area contributed by atoms with Gasteiger partial charge >= 0.3 is 0 Å². The fraction of sp³-hybridized carbons (Fsp3) is 1.00. The highest BCUT2D eigenvalue weighted by atomic mass is 32.2. The molecule has 0 amide bonds. The molecule has 90 valence electrons. The van der Waals surface area contributed by atoms with Crippen molar-refractivity contribution in [2.24, 2.45) is 5.92 Å². The van der Waals surface area contributed by atoms with Gasteiger partial charge in [-0.15, -0.1) is 0 Å². The van der Waals surface area contributed by atoms with Crippen molar-refractivity contribution in [3.05, 3.63) is 0 Å². The summed E-state index contributed by atoms with van der Waals surface area (Å²) in [7, 11) is -2.84. The van der Waals surface area contributed by atoms with E-state index < -0.39 is 9.84 Å². The number of aliphatic hydroxyl groups is 1. The second kappa shape index (κ2) is 5.27. The zero-order chi connectivity index (χ0) is 11.5. The van der Waals surface area contributed by atoms with E-state index in [1.165, 1.54) is 6.26 Å². The molecule has 5 heteroatoms. The van der Waals surface area contributed by atoms with Gasteiger partial charge in [0.05, 0.1) is 11.9 Å². The van der Waals surface area contributed by atoms with Gasteiger partial charge in [0, 0.05) is 12.8 Å². The maximum atomic E-state index is 10.9. The maximum Gasteiger partial charge on any atom is 0.147 e. The molecule has 1 saturated heterocycles. The van der Waals surface area contributed by atoms with E-state index in [0.717, 1.165) is 19.5 Å². The van der Waals surface area contributed by atoms with Gasteiger partial charge in [-0.3, -0.25) is 0 Å². The number of aliphatic hydroxyl groups excluding tert-OH is 1. The smallest absolute Gasteiger partial charge is 0.147 e. The molecule has 0 saturated carbocycles. The lowest BCUT2D eigenvalue weighted by atomic mass is 9.96. The molecule has 0 radical (unpaired) electrons. The zero-order valence-electron chi connectivity index (χ0n) is 9.52. The van der Waals surface area contributed by atoms with Crippen molar-refractivity contribution in [1.82, 2.24) is 4.90 Å². The molecule has 0 aliphatic carbocycles. The minimum Gasteiger partial charge on any atom is -0.392 e. The topological polar surface area (TPSA) is 57.6 Å². The Morgan fingerprint density at radius 2 is 2.13 bits per heavy atom. The van der Waals surface area contributed by atoms with Crippen LogP contribution < -0.4 is 0 Å². The van der Waals surface area contributed by atoms with E-state index in [1.807, 2.05) is 0 Å². The molecule has 0 aromatic heterocycles. The molecule has 15 heavy (non-hydrogen) atoms. The van der Waals surface area contributed by atoms with Gasteiger partial charge in [-0.25, -0.2) is 8.42 Å². The Hall–Kier alpha value is -0.130. The van der Waals surface area contributed by atoms with Gasteiger partial charge in [0.2, 0.25) is 0 Å². The number of hydrogen-bond acceptors (Lipinski definition) is 4. The molecule has 2 unspecified atom stereocenters. The number of β-amino-alcohol motifs (C(OH)–C–C–N with tert-alkyl or cyclic N) is 1. The van der Waals surface area contributed by atoms with Gasteiger partial charge < -0.3 is 10.0 Å². The molecule has 4 nitrogen and oxygen atoms in total. The minimum atomic E-state index is -2.84. The van der Waals surface area contributed by atoms with E-state index in [2.05, 4.69) is 11.8 Å². The number of sulfone groups is 1. The first-order valence-corrected chi connectivity index (χ1v) is 7.52. The summed E-state index contributed by atoms with van der Waals surface area (Å²) in [5, 5.41) is 9.65. The van der Waals surface area contributed by atoms with E-state index in [1.54, 1.807) is 0 Å². The van der Waals surface area contributed by atoms with Crippen LogP contribution in [0.1, 0.15) is 19.8 Å². The number of piperidine rings is 1. The van der Waals surface area contributed by atoms with Crippen molar-refractivity contribution >= 4 is 9.84 Å². The van der Waals surface area contributed by atoms with Gasteiger partial charge in [0.25, 0.3) is 0 Å². The molecule has 1 aliphatic heterocycles. The van der Waals surface area contributed by atoms with Crippen LogP contribution in [0.4, 0.5) is 0 Å². The van der Waals surface area contributed by atoms with Gasteiger partial charge in [0.1, 0.15) is 9.84 Å². The molecule has 2 atom stereocenters. The van der Waals surface area contributed by atoms with Gasteiger partial charge in [-0.05, 0) is 31.8 Å². The van der Waals surface area contributed by atoms with E-state index in [9.17, 15) is 13.5 Å². The van der Waals surface area contributed by atoms with E-state index in [4.69, 9.17) is 0 Å². The fourth-order valence-electron chi connectivity index (χ4n) is 1.87. The van der Waals surface area contributed by atoms with Gasteiger partial charge in [-0.2, -0.15) is 0 Å². The second-order valence-electron chi connectivity index (χ2n) is 4.62. The van der Waals surface area contributed by atoms with Crippen molar-refractivity contribution in [3.63, 3.8) is 0 Å². The summed E-state index contributed by atoms with van der Waals surface area (Å²) in [4.78, 5) is 2.15. The van der Waals surface area contributed by atoms with Crippen LogP contribution in [0.15, 0.2) is 0 Å². The highest BCUT2D eigenvalue weighted by Crippen LogP contribution is 2.16. The number of rotatable bonds is 4. The van der Waals surface area contributed by atoms with Gasteiger partial charge in [0.15, 0.2) is 0 Å². The summed E-state index contributed by atoms with van der Waals surface area (Å²) in [6, 6.07) is 0. The third-order valence-corrected chi connectivity index (χ3v) is 4.02. The summed E-state index contributed by atoms with van der Waals surface area (Å²) in [5.41, 5.74) is 0. The Morgan fingerprint density at radius 1 is 1.47 bits per heavy atom. The maximum absolute atomic E-state index is 10.9. The highest BCUT2D eigenvalue weighted by Gasteiger charge is 2.23. The Balaban J connectivity index is 2.23. The monoisotopic (exact) mass is 235 g/mol. The molecule has 0 spiro atoms. The van der Waals surface area contributed by atoms with Crippen LogP contribution in [0, 0.1) is 5.92 Å². The first kappa shape index (κ1) is 12.9. The Bertz CT molecular complexity index is 289. The molecule has 1 rings (SSSR count). The lowest BCUT2D eigenvalue weighted by Crippen LogP contribution is -2.43. The summed E-state index contributed by atoms with van der Waals surface area (Å²) in [5.74, 6) is 0.617.